The van der Waals surface area contributed by atoms with Crippen molar-refractivity contribution in [1.82, 2.24) is 10.3 Å². The van der Waals surface area contributed by atoms with E-state index in [1.165, 1.54) is 0 Å². The Hall–Kier alpha value is -1.29. The zero-order chi connectivity index (χ0) is 14.5. The first-order chi connectivity index (χ1) is 9.61. The van der Waals surface area contributed by atoms with Crippen LogP contribution < -0.4 is 10.1 Å². The predicted molar refractivity (Wildman–Crippen MR) is 82.5 cm³/mol. The van der Waals surface area contributed by atoms with Gasteiger partial charge in [-0.1, -0.05) is 29.3 Å². The number of halogens is 2. The summed E-state index contributed by atoms with van der Waals surface area (Å²) in [4.78, 5) is 3.94. The summed E-state index contributed by atoms with van der Waals surface area (Å²) in [5.41, 5.74) is 2.00. The molecule has 0 fully saturated rings. The average molecular weight is 311 g/mol. The smallest absolute Gasteiger partial charge is 0.138 e. The minimum atomic E-state index is 0.246. The molecule has 2 rings (SSSR count). The van der Waals surface area contributed by atoms with Crippen LogP contribution in [0.5, 0.6) is 5.75 Å². The molecule has 1 heterocycles. The first-order valence-corrected chi connectivity index (χ1v) is 7.05. The lowest BCUT2D eigenvalue weighted by Gasteiger charge is -2.14. The number of nitrogens with zero attached hydrogens (tertiary/aromatic N) is 1. The van der Waals surface area contributed by atoms with E-state index in [1.807, 2.05) is 31.3 Å². The molecule has 0 aliphatic carbocycles. The third-order valence-electron chi connectivity index (χ3n) is 3.13. The fourth-order valence-electron chi connectivity index (χ4n) is 1.75. The predicted octanol–water partition coefficient (Wildman–Crippen LogP) is 4.25. The van der Waals surface area contributed by atoms with Gasteiger partial charge >= 0.3 is 0 Å². The molecular formula is C15H16Cl2N2O. The lowest BCUT2D eigenvalue weighted by Crippen LogP contribution is -2.12. The number of nitrogens with one attached hydrogen (secondary N) is 1. The SMILES string of the molecule is CNC(C)c1ccc(OCc2ccncc2Cl)c(Cl)c1. The summed E-state index contributed by atoms with van der Waals surface area (Å²) in [6, 6.07) is 7.85. The highest BCUT2D eigenvalue weighted by atomic mass is 35.5. The fourth-order valence-corrected chi connectivity index (χ4v) is 2.16. The van der Waals surface area contributed by atoms with Gasteiger partial charge < -0.3 is 10.1 Å². The van der Waals surface area contributed by atoms with E-state index in [9.17, 15) is 0 Å². The molecule has 0 saturated heterocycles. The van der Waals surface area contributed by atoms with E-state index in [0.29, 0.717) is 22.4 Å². The molecule has 1 aromatic heterocycles. The van der Waals surface area contributed by atoms with Gasteiger partial charge in [-0.15, -0.1) is 0 Å². The second-order valence-electron chi connectivity index (χ2n) is 4.46. The molecule has 5 heteroatoms. The highest BCUT2D eigenvalue weighted by molar-refractivity contribution is 6.32. The molecule has 1 unspecified atom stereocenters. The molecule has 20 heavy (non-hydrogen) atoms. The summed E-state index contributed by atoms with van der Waals surface area (Å²) in [6.07, 6.45) is 3.28. The maximum Gasteiger partial charge on any atom is 0.138 e. The minimum Gasteiger partial charge on any atom is -0.487 e. The topological polar surface area (TPSA) is 34.1 Å². The number of ether oxygens (including phenoxy) is 1. The molecule has 0 radical (unpaired) electrons. The lowest BCUT2D eigenvalue weighted by atomic mass is 10.1. The lowest BCUT2D eigenvalue weighted by molar-refractivity contribution is 0.306. The van der Waals surface area contributed by atoms with Crippen molar-refractivity contribution < 1.29 is 4.74 Å². The highest BCUT2D eigenvalue weighted by Crippen LogP contribution is 2.29. The van der Waals surface area contributed by atoms with Crippen molar-refractivity contribution in [2.24, 2.45) is 0 Å². The second kappa shape index (κ2) is 6.93. The summed E-state index contributed by atoms with van der Waals surface area (Å²) in [6.45, 7) is 2.44. The quantitative estimate of drug-likeness (QED) is 0.896. The van der Waals surface area contributed by atoms with Crippen molar-refractivity contribution in [2.75, 3.05) is 7.05 Å². The van der Waals surface area contributed by atoms with E-state index in [1.54, 1.807) is 12.4 Å². The zero-order valence-corrected chi connectivity index (χ0v) is 12.9. The summed E-state index contributed by atoms with van der Waals surface area (Å²) in [5, 5.41) is 4.35. The zero-order valence-electron chi connectivity index (χ0n) is 11.4. The number of benzene rings is 1. The molecule has 0 bridgehead atoms. The van der Waals surface area contributed by atoms with Gasteiger partial charge in [0.2, 0.25) is 0 Å². The highest BCUT2D eigenvalue weighted by Gasteiger charge is 2.08. The summed E-state index contributed by atoms with van der Waals surface area (Å²) < 4.78 is 5.71. The van der Waals surface area contributed by atoms with Gasteiger partial charge in [-0.2, -0.15) is 0 Å². The first kappa shape index (κ1) is 15.1. The van der Waals surface area contributed by atoms with Crippen LogP contribution in [-0.4, -0.2) is 12.0 Å². The molecule has 1 atom stereocenters. The molecule has 0 saturated carbocycles. The summed E-state index contributed by atoms with van der Waals surface area (Å²) >= 11 is 12.3. The molecule has 2 aromatic rings. The normalized spacial score (nSPS) is 12.2. The Morgan fingerprint density at radius 2 is 2.05 bits per heavy atom. The summed E-state index contributed by atoms with van der Waals surface area (Å²) in [5.74, 6) is 0.645. The van der Waals surface area contributed by atoms with Crippen LogP contribution in [0.1, 0.15) is 24.1 Å². The molecule has 0 aliphatic heterocycles. The first-order valence-electron chi connectivity index (χ1n) is 6.29. The van der Waals surface area contributed by atoms with Crippen LogP contribution in [0, 0.1) is 0 Å². The number of rotatable bonds is 5. The Bertz CT molecular complexity index is 590. The Labute approximate surface area is 128 Å². The Morgan fingerprint density at radius 1 is 1.25 bits per heavy atom. The molecule has 3 nitrogen and oxygen atoms in total. The van der Waals surface area contributed by atoms with Crippen molar-refractivity contribution >= 4 is 23.2 Å². The molecule has 106 valence electrons. The molecule has 0 spiro atoms. The number of hydrogen-bond donors (Lipinski definition) is 1. The van der Waals surface area contributed by atoms with E-state index in [0.717, 1.165) is 11.1 Å². The van der Waals surface area contributed by atoms with Crippen molar-refractivity contribution in [3.8, 4) is 5.75 Å². The Kier molecular flexibility index (Phi) is 5.24. The minimum absolute atomic E-state index is 0.246. The van der Waals surface area contributed by atoms with Crippen LogP contribution in [0.2, 0.25) is 10.0 Å². The van der Waals surface area contributed by atoms with Gasteiger partial charge in [-0.25, -0.2) is 0 Å². The molecule has 1 aromatic carbocycles. The van der Waals surface area contributed by atoms with E-state index in [2.05, 4.69) is 17.2 Å². The van der Waals surface area contributed by atoms with Crippen molar-refractivity contribution in [3.63, 3.8) is 0 Å². The standard InChI is InChI=1S/C15H16Cl2N2O/c1-10(18-2)11-3-4-15(13(16)7-11)20-9-12-5-6-19-8-14(12)17/h3-8,10,18H,9H2,1-2H3. The van der Waals surface area contributed by atoms with Gasteiger partial charge in [0.15, 0.2) is 0 Å². The van der Waals surface area contributed by atoms with Crippen LogP contribution in [0.3, 0.4) is 0 Å². The van der Waals surface area contributed by atoms with E-state index in [-0.39, 0.29) is 6.04 Å². The van der Waals surface area contributed by atoms with Gasteiger partial charge in [-0.05, 0) is 37.7 Å². The van der Waals surface area contributed by atoms with Crippen molar-refractivity contribution in [3.05, 3.63) is 57.8 Å². The van der Waals surface area contributed by atoms with Crippen LogP contribution in [0.25, 0.3) is 0 Å². The van der Waals surface area contributed by atoms with Gasteiger partial charge in [0.25, 0.3) is 0 Å². The second-order valence-corrected chi connectivity index (χ2v) is 5.27. The number of pyridine rings is 1. The molecule has 1 N–H and O–H groups in total. The van der Waals surface area contributed by atoms with Gasteiger partial charge in [0, 0.05) is 24.0 Å². The fraction of sp³-hybridized carbons (Fsp3) is 0.267. The Morgan fingerprint density at radius 3 is 2.70 bits per heavy atom. The maximum atomic E-state index is 6.24. The number of aromatic nitrogens is 1. The average Bonchev–Trinajstić information content (AvgIpc) is 2.46. The van der Waals surface area contributed by atoms with Crippen LogP contribution in [0.4, 0.5) is 0 Å². The monoisotopic (exact) mass is 310 g/mol. The Balaban J connectivity index is 2.09. The molecular weight excluding hydrogens is 295 g/mol. The van der Waals surface area contributed by atoms with E-state index < -0.39 is 0 Å². The molecule has 0 aliphatic rings. The summed E-state index contributed by atoms with van der Waals surface area (Å²) in [7, 11) is 1.91. The van der Waals surface area contributed by atoms with Crippen molar-refractivity contribution in [1.29, 1.82) is 0 Å². The van der Waals surface area contributed by atoms with Gasteiger partial charge in [-0.3, -0.25) is 4.98 Å². The number of hydrogen-bond acceptors (Lipinski definition) is 3. The van der Waals surface area contributed by atoms with Crippen LogP contribution in [-0.2, 0) is 6.61 Å². The van der Waals surface area contributed by atoms with Crippen LogP contribution in [0.15, 0.2) is 36.7 Å². The molecule has 0 amide bonds. The van der Waals surface area contributed by atoms with Crippen LogP contribution >= 0.6 is 23.2 Å². The van der Waals surface area contributed by atoms with E-state index in [4.69, 9.17) is 27.9 Å². The largest absolute Gasteiger partial charge is 0.487 e. The maximum absolute atomic E-state index is 6.24. The van der Waals surface area contributed by atoms with Crippen molar-refractivity contribution in [2.45, 2.75) is 19.6 Å². The third kappa shape index (κ3) is 3.63. The van der Waals surface area contributed by atoms with E-state index >= 15 is 0 Å². The van der Waals surface area contributed by atoms with Gasteiger partial charge in [0.05, 0.1) is 10.0 Å². The third-order valence-corrected chi connectivity index (χ3v) is 3.76. The van der Waals surface area contributed by atoms with Gasteiger partial charge in [0.1, 0.15) is 12.4 Å².